The van der Waals surface area contributed by atoms with Crippen molar-refractivity contribution in [3.63, 3.8) is 0 Å². The maximum atomic E-state index is 12.5. The lowest BCUT2D eigenvalue weighted by atomic mass is 10.1. The molecule has 0 radical (unpaired) electrons. The molecule has 2 heterocycles. The van der Waals surface area contributed by atoms with Gasteiger partial charge in [-0.25, -0.2) is 8.42 Å². The monoisotopic (exact) mass is 377 g/mol. The summed E-state index contributed by atoms with van der Waals surface area (Å²) in [6.45, 7) is 2.78. The Kier molecular flexibility index (Phi) is 5.66. The minimum absolute atomic E-state index is 0.0345. The van der Waals surface area contributed by atoms with Crippen LogP contribution in [0.4, 0.5) is 0 Å². The highest BCUT2D eigenvalue weighted by molar-refractivity contribution is 7.91. The number of hydrogen-bond acceptors (Lipinski definition) is 5. The van der Waals surface area contributed by atoms with E-state index in [1.165, 1.54) is 6.26 Å². The lowest BCUT2D eigenvalue weighted by Crippen LogP contribution is -2.44. The summed E-state index contributed by atoms with van der Waals surface area (Å²) in [7, 11) is -3.28. The smallest absolute Gasteiger partial charge is 0.260 e. The van der Waals surface area contributed by atoms with Gasteiger partial charge in [0.2, 0.25) is 0 Å². The third-order valence-electron chi connectivity index (χ3n) is 4.58. The van der Waals surface area contributed by atoms with E-state index in [0.29, 0.717) is 37.4 Å². The number of sulfone groups is 1. The number of piperidine rings is 1. The molecule has 140 valence electrons. The van der Waals surface area contributed by atoms with Gasteiger partial charge in [0.25, 0.3) is 5.91 Å². The average Bonchev–Trinajstić information content (AvgIpc) is 3.12. The number of rotatable bonds is 6. The van der Waals surface area contributed by atoms with Crippen LogP contribution in [0.2, 0.25) is 0 Å². The van der Waals surface area contributed by atoms with E-state index in [4.69, 9.17) is 9.15 Å². The molecule has 0 bridgehead atoms. The van der Waals surface area contributed by atoms with Gasteiger partial charge in [0, 0.05) is 13.1 Å². The molecule has 0 saturated carbocycles. The van der Waals surface area contributed by atoms with Crippen molar-refractivity contribution in [1.29, 1.82) is 0 Å². The van der Waals surface area contributed by atoms with Crippen LogP contribution >= 0.6 is 0 Å². The highest BCUT2D eigenvalue weighted by Crippen LogP contribution is 2.22. The molecule has 3 rings (SSSR count). The minimum atomic E-state index is -3.28. The molecule has 1 saturated heterocycles. The standard InChI is InChI=1S/C19H23NO5S/c1-15-4-2-5-16(12-15)25-13-19(21)20-9-7-18(8-10-20)26(22,23)14-17-6-3-11-24-17/h2-6,11-12,18H,7-10,13-14H2,1H3. The van der Waals surface area contributed by atoms with Crippen LogP contribution in [0.5, 0.6) is 5.75 Å². The number of ether oxygens (including phenoxy) is 1. The molecular formula is C19H23NO5S. The largest absolute Gasteiger partial charge is 0.484 e. The van der Waals surface area contributed by atoms with Gasteiger partial charge in [-0.15, -0.1) is 0 Å². The van der Waals surface area contributed by atoms with Gasteiger partial charge in [-0.1, -0.05) is 12.1 Å². The van der Waals surface area contributed by atoms with Crippen molar-refractivity contribution >= 4 is 15.7 Å². The highest BCUT2D eigenvalue weighted by atomic mass is 32.2. The molecule has 1 amide bonds. The zero-order valence-electron chi connectivity index (χ0n) is 14.8. The molecule has 1 fully saturated rings. The number of aryl methyl sites for hydroxylation is 1. The number of benzene rings is 1. The number of amides is 1. The van der Waals surface area contributed by atoms with Crippen molar-refractivity contribution in [3.8, 4) is 5.75 Å². The van der Waals surface area contributed by atoms with E-state index in [9.17, 15) is 13.2 Å². The highest BCUT2D eigenvalue weighted by Gasteiger charge is 2.32. The van der Waals surface area contributed by atoms with Crippen LogP contribution < -0.4 is 4.74 Å². The van der Waals surface area contributed by atoms with Crippen molar-refractivity contribution in [2.24, 2.45) is 0 Å². The first-order chi connectivity index (χ1) is 12.4. The van der Waals surface area contributed by atoms with Crippen LogP contribution in [0.15, 0.2) is 47.1 Å². The minimum Gasteiger partial charge on any atom is -0.484 e. The van der Waals surface area contributed by atoms with Crippen molar-refractivity contribution in [1.82, 2.24) is 4.90 Å². The summed E-state index contributed by atoms with van der Waals surface area (Å²) in [6.07, 6.45) is 2.36. The lowest BCUT2D eigenvalue weighted by Gasteiger charge is -2.31. The SMILES string of the molecule is Cc1cccc(OCC(=O)N2CCC(S(=O)(=O)Cc3ccco3)CC2)c1. The van der Waals surface area contributed by atoms with Gasteiger partial charge >= 0.3 is 0 Å². The normalized spacial score (nSPS) is 15.8. The summed E-state index contributed by atoms with van der Waals surface area (Å²) in [4.78, 5) is 14.0. The summed E-state index contributed by atoms with van der Waals surface area (Å²) in [5.41, 5.74) is 1.07. The van der Waals surface area contributed by atoms with E-state index in [0.717, 1.165) is 5.56 Å². The fourth-order valence-corrected chi connectivity index (χ4v) is 4.84. The molecule has 0 unspecified atom stereocenters. The van der Waals surface area contributed by atoms with Crippen molar-refractivity contribution in [2.75, 3.05) is 19.7 Å². The molecule has 0 spiro atoms. The molecule has 0 atom stereocenters. The number of carbonyl (C=O) groups is 1. The third kappa shape index (κ3) is 4.66. The number of likely N-dealkylation sites (tertiary alicyclic amines) is 1. The summed E-state index contributed by atoms with van der Waals surface area (Å²) in [5.74, 6) is 0.910. The molecule has 1 aromatic carbocycles. The Bertz CT molecular complexity index is 837. The number of nitrogens with zero attached hydrogens (tertiary/aromatic N) is 1. The maximum Gasteiger partial charge on any atom is 0.260 e. The second-order valence-corrected chi connectivity index (χ2v) is 8.85. The molecule has 1 aromatic heterocycles. The van der Waals surface area contributed by atoms with Gasteiger partial charge in [-0.3, -0.25) is 4.79 Å². The van der Waals surface area contributed by atoms with Crippen molar-refractivity contribution in [2.45, 2.75) is 30.8 Å². The molecule has 26 heavy (non-hydrogen) atoms. The Morgan fingerprint density at radius 2 is 2.00 bits per heavy atom. The maximum absolute atomic E-state index is 12.5. The molecule has 7 heteroatoms. The molecule has 1 aliphatic heterocycles. The van der Waals surface area contributed by atoms with Crippen LogP contribution in [-0.4, -0.2) is 44.2 Å². The first-order valence-corrected chi connectivity index (χ1v) is 10.4. The fourth-order valence-electron chi connectivity index (χ4n) is 3.12. The predicted octanol–water partition coefficient (Wildman–Crippen LogP) is 2.57. The van der Waals surface area contributed by atoms with Gasteiger partial charge in [-0.2, -0.15) is 0 Å². The van der Waals surface area contributed by atoms with Gasteiger partial charge in [0.1, 0.15) is 17.3 Å². The van der Waals surface area contributed by atoms with E-state index in [1.54, 1.807) is 17.0 Å². The van der Waals surface area contributed by atoms with Gasteiger partial charge < -0.3 is 14.1 Å². The van der Waals surface area contributed by atoms with Crippen LogP contribution in [0.3, 0.4) is 0 Å². The molecule has 2 aromatic rings. The van der Waals surface area contributed by atoms with Crippen molar-refractivity contribution in [3.05, 3.63) is 54.0 Å². The topological polar surface area (TPSA) is 76.8 Å². The summed E-state index contributed by atoms with van der Waals surface area (Å²) < 4.78 is 35.7. The van der Waals surface area contributed by atoms with Gasteiger partial charge in [-0.05, 0) is 49.6 Å². The Hall–Kier alpha value is -2.28. The molecule has 0 N–H and O–H groups in total. The third-order valence-corrected chi connectivity index (χ3v) is 6.75. The Labute approximate surface area is 153 Å². The lowest BCUT2D eigenvalue weighted by molar-refractivity contribution is -0.134. The van der Waals surface area contributed by atoms with E-state index in [-0.39, 0.29) is 18.3 Å². The Morgan fingerprint density at radius 1 is 1.23 bits per heavy atom. The van der Waals surface area contributed by atoms with Crippen LogP contribution in [-0.2, 0) is 20.4 Å². The predicted molar refractivity (Wildman–Crippen MR) is 97.6 cm³/mol. The first kappa shape index (κ1) is 18.5. The molecule has 6 nitrogen and oxygen atoms in total. The zero-order valence-corrected chi connectivity index (χ0v) is 15.6. The van der Waals surface area contributed by atoms with Crippen LogP contribution in [0, 0.1) is 6.92 Å². The Morgan fingerprint density at radius 3 is 2.65 bits per heavy atom. The molecule has 0 aliphatic carbocycles. The van der Waals surface area contributed by atoms with E-state index >= 15 is 0 Å². The number of furan rings is 1. The summed E-state index contributed by atoms with van der Waals surface area (Å²) in [6, 6.07) is 10.9. The summed E-state index contributed by atoms with van der Waals surface area (Å²) >= 11 is 0. The number of hydrogen-bond donors (Lipinski definition) is 0. The van der Waals surface area contributed by atoms with E-state index in [1.807, 2.05) is 31.2 Å². The quantitative estimate of drug-likeness (QED) is 0.773. The fraction of sp³-hybridized carbons (Fsp3) is 0.421. The zero-order chi connectivity index (χ0) is 18.6. The summed E-state index contributed by atoms with van der Waals surface area (Å²) in [5, 5.41) is -0.436. The first-order valence-electron chi connectivity index (χ1n) is 8.65. The number of carbonyl (C=O) groups excluding carboxylic acids is 1. The van der Waals surface area contributed by atoms with Crippen LogP contribution in [0.25, 0.3) is 0 Å². The van der Waals surface area contributed by atoms with E-state index < -0.39 is 15.1 Å². The molecular weight excluding hydrogens is 354 g/mol. The van der Waals surface area contributed by atoms with Crippen molar-refractivity contribution < 1.29 is 22.4 Å². The van der Waals surface area contributed by atoms with E-state index in [2.05, 4.69) is 0 Å². The second-order valence-electron chi connectivity index (χ2n) is 6.57. The van der Waals surface area contributed by atoms with Gasteiger partial charge in [0.05, 0.1) is 11.5 Å². The average molecular weight is 377 g/mol. The Balaban J connectivity index is 1.49. The van der Waals surface area contributed by atoms with Gasteiger partial charge in [0.15, 0.2) is 16.4 Å². The van der Waals surface area contributed by atoms with Crippen LogP contribution in [0.1, 0.15) is 24.2 Å². The second kappa shape index (κ2) is 7.95. The molecule has 1 aliphatic rings.